The van der Waals surface area contributed by atoms with Gasteiger partial charge in [0.15, 0.2) is 0 Å². The zero-order valence-electron chi connectivity index (χ0n) is 14.9. The second-order valence-electron chi connectivity index (χ2n) is 6.23. The van der Waals surface area contributed by atoms with E-state index in [0.29, 0.717) is 23.0 Å². The highest BCUT2D eigenvalue weighted by molar-refractivity contribution is 7.14. The number of thiophene rings is 1. The number of hydrogen-bond donors (Lipinski definition) is 1. The van der Waals surface area contributed by atoms with Crippen LogP contribution in [-0.4, -0.2) is 16.0 Å². The lowest BCUT2D eigenvalue weighted by Crippen LogP contribution is -2.13. The summed E-state index contributed by atoms with van der Waals surface area (Å²) in [7, 11) is 0. The smallest absolute Gasteiger partial charge is 0.270 e. The van der Waals surface area contributed by atoms with Crippen molar-refractivity contribution < 1.29 is 9.32 Å². The van der Waals surface area contributed by atoms with Gasteiger partial charge >= 0.3 is 0 Å². The van der Waals surface area contributed by atoms with Gasteiger partial charge in [-0.2, -0.15) is 4.98 Å². The molecule has 27 heavy (non-hydrogen) atoms. The second-order valence-corrected chi connectivity index (χ2v) is 7.14. The number of carbonyl (C=O) groups is 1. The number of hydrogen-bond acceptors (Lipinski definition) is 5. The summed E-state index contributed by atoms with van der Waals surface area (Å²) in [5.74, 6) is 0.756. The number of amides is 1. The maximum atomic E-state index is 12.6. The third-order valence-corrected chi connectivity index (χ3v) is 5.10. The third kappa shape index (κ3) is 3.52. The minimum Gasteiger partial charge on any atom is -0.333 e. The fourth-order valence-corrected chi connectivity index (χ4v) is 3.58. The van der Waals surface area contributed by atoms with E-state index in [0.717, 1.165) is 21.6 Å². The molecule has 5 nitrogen and oxygen atoms in total. The first-order valence-electron chi connectivity index (χ1n) is 8.47. The quantitative estimate of drug-likeness (QED) is 0.523. The van der Waals surface area contributed by atoms with Crippen molar-refractivity contribution in [3.05, 3.63) is 76.7 Å². The molecule has 6 heteroatoms. The summed E-state index contributed by atoms with van der Waals surface area (Å²) in [5, 5.41) is 8.92. The second kappa shape index (κ2) is 7.17. The van der Waals surface area contributed by atoms with Crippen LogP contribution in [-0.2, 0) is 0 Å². The van der Waals surface area contributed by atoms with Crippen molar-refractivity contribution in [1.29, 1.82) is 0 Å². The number of benzene rings is 2. The molecule has 0 aliphatic rings. The average molecular weight is 375 g/mol. The van der Waals surface area contributed by atoms with E-state index in [2.05, 4.69) is 15.5 Å². The van der Waals surface area contributed by atoms with Crippen molar-refractivity contribution in [2.45, 2.75) is 13.8 Å². The lowest BCUT2D eigenvalue weighted by atomic mass is 10.1. The van der Waals surface area contributed by atoms with Gasteiger partial charge in [-0.15, -0.1) is 11.3 Å². The summed E-state index contributed by atoms with van der Waals surface area (Å²) in [5.41, 5.74) is 4.24. The standard InChI is InChI=1S/C21H17N3O2S/c1-13-6-5-8-15(12-13)19-23-21(26-24-19)18-17(10-11-27-18)22-20(25)16-9-4-3-7-14(16)2/h3-12H,1-2H3,(H,22,25). The zero-order chi connectivity index (χ0) is 18.8. The van der Waals surface area contributed by atoms with Gasteiger partial charge in [0.2, 0.25) is 5.82 Å². The number of aromatic nitrogens is 2. The van der Waals surface area contributed by atoms with Crippen LogP contribution in [0.15, 0.2) is 64.5 Å². The summed E-state index contributed by atoms with van der Waals surface area (Å²) in [6.07, 6.45) is 0. The molecule has 4 rings (SSSR count). The molecule has 1 N–H and O–H groups in total. The van der Waals surface area contributed by atoms with Gasteiger partial charge in [0.1, 0.15) is 4.88 Å². The normalized spacial score (nSPS) is 10.7. The first kappa shape index (κ1) is 17.2. The van der Waals surface area contributed by atoms with E-state index in [1.165, 1.54) is 11.3 Å². The van der Waals surface area contributed by atoms with E-state index in [4.69, 9.17) is 4.52 Å². The molecular weight excluding hydrogens is 358 g/mol. The Hall–Kier alpha value is -3.25. The monoisotopic (exact) mass is 375 g/mol. The van der Waals surface area contributed by atoms with Crippen LogP contribution in [0.5, 0.6) is 0 Å². The van der Waals surface area contributed by atoms with E-state index in [1.54, 1.807) is 6.07 Å². The van der Waals surface area contributed by atoms with Crippen LogP contribution >= 0.6 is 11.3 Å². The third-order valence-electron chi connectivity index (χ3n) is 4.20. The van der Waals surface area contributed by atoms with Crippen molar-refractivity contribution in [2.75, 3.05) is 5.32 Å². The maximum Gasteiger partial charge on any atom is 0.270 e. The SMILES string of the molecule is Cc1cccc(-c2noc(-c3sccc3NC(=O)c3ccccc3C)n2)c1. The number of aryl methyl sites for hydroxylation is 2. The highest BCUT2D eigenvalue weighted by Gasteiger charge is 2.18. The Kier molecular flexibility index (Phi) is 4.56. The van der Waals surface area contributed by atoms with Gasteiger partial charge in [-0.25, -0.2) is 0 Å². The van der Waals surface area contributed by atoms with Gasteiger partial charge in [0.05, 0.1) is 5.69 Å². The summed E-state index contributed by atoms with van der Waals surface area (Å²) in [4.78, 5) is 17.9. The highest BCUT2D eigenvalue weighted by Crippen LogP contribution is 2.34. The van der Waals surface area contributed by atoms with Crippen LogP contribution in [0.1, 0.15) is 21.5 Å². The molecule has 0 saturated carbocycles. The van der Waals surface area contributed by atoms with Crippen LogP contribution < -0.4 is 5.32 Å². The van der Waals surface area contributed by atoms with E-state index >= 15 is 0 Å². The molecule has 134 valence electrons. The van der Waals surface area contributed by atoms with Crippen molar-refractivity contribution in [1.82, 2.24) is 10.1 Å². The number of nitrogens with one attached hydrogen (secondary N) is 1. The molecule has 4 aromatic rings. The van der Waals surface area contributed by atoms with Gasteiger partial charge in [-0.3, -0.25) is 4.79 Å². The van der Waals surface area contributed by atoms with Crippen LogP contribution in [0.2, 0.25) is 0 Å². The molecule has 0 aliphatic heterocycles. The molecule has 0 unspecified atom stereocenters. The summed E-state index contributed by atoms with van der Waals surface area (Å²) in [6, 6.07) is 17.2. The lowest BCUT2D eigenvalue weighted by Gasteiger charge is -2.07. The minimum absolute atomic E-state index is 0.161. The van der Waals surface area contributed by atoms with Gasteiger partial charge in [0.25, 0.3) is 11.8 Å². The molecule has 1 amide bonds. The molecule has 2 aromatic carbocycles. The fraction of sp³-hybridized carbons (Fsp3) is 0.0952. The van der Waals surface area contributed by atoms with Crippen molar-refractivity contribution in [3.8, 4) is 22.2 Å². The number of carbonyl (C=O) groups excluding carboxylic acids is 1. The number of nitrogens with zero attached hydrogens (tertiary/aromatic N) is 2. The van der Waals surface area contributed by atoms with Gasteiger partial charge in [-0.1, -0.05) is 47.1 Å². The van der Waals surface area contributed by atoms with E-state index in [1.807, 2.05) is 67.8 Å². The average Bonchev–Trinajstić information content (AvgIpc) is 3.31. The molecule has 0 atom stereocenters. The Morgan fingerprint density at radius 2 is 1.93 bits per heavy atom. The van der Waals surface area contributed by atoms with Crippen LogP contribution in [0.25, 0.3) is 22.2 Å². The molecule has 0 saturated heterocycles. The Balaban J connectivity index is 1.61. The summed E-state index contributed by atoms with van der Waals surface area (Å²) in [6.45, 7) is 3.93. The van der Waals surface area contributed by atoms with Gasteiger partial charge < -0.3 is 9.84 Å². The Labute approximate surface area is 160 Å². The molecule has 0 bridgehead atoms. The largest absolute Gasteiger partial charge is 0.333 e. The van der Waals surface area contributed by atoms with Gasteiger partial charge in [0, 0.05) is 11.1 Å². The predicted molar refractivity (Wildman–Crippen MR) is 107 cm³/mol. The predicted octanol–water partition coefficient (Wildman–Crippen LogP) is 5.33. The summed E-state index contributed by atoms with van der Waals surface area (Å²) >= 11 is 1.44. The number of rotatable bonds is 4. The first-order chi connectivity index (χ1) is 13.1. The van der Waals surface area contributed by atoms with Crippen LogP contribution in [0, 0.1) is 13.8 Å². The van der Waals surface area contributed by atoms with Crippen molar-refractivity contribution >= 4 is 22.9 Å². The molecule has 0 radical (unpaired) electrons. The van der Waals surface area contributed by atoms with Crippen LogP contribution in [0.4, 0.5) is 5.69 Å². The molecule has 2 heterocycles. The van der Waals surface area contributed by atoms with E-state index in [9.17, 15) is 4.79 Å². The first-order valence-corrected chi connectivity index (χ1v) is 9.35. The van der Waals surface area contributed by atoms with Gasteiger partial charge in [-0.05, 0) is 43.0 Å². The zero-order valence-corrected chi connectivity index (χ0v) is 15.7. The molecule has 0 fully saturated rings. The van der Waals surface area contributed by atoms with Crippen molar-refractivity contribution in [2.24, 2.45) is 0 Å². The maximum absolute atomic E-state index is 12.6. The molecular formula is C21H17N3O2S. The van der Waals surface area contributed by atoms with Crippen LogP contribution in [0.3, 0.4) is 0 Å². The lowest BCUT2D eigenvalue weighted by molar-refractivity contribution is 0.102. The summed E-state index contributed by atoms with van der Waals surface area (Å²) < 4.78 is 5.45. The molecule has 0 spiro atoms. The van der Waals surface area contributed by atoms with E-state index < -0.39 is 0 Å². The highest BCUT2D eigenvalue weighted by atomic mass is 32.1. The Morgan fingerprint density at radius 1 is 1.07 bits per heavy atom. The minimum atomic E-state index is -0.161. The van der Waals surface area contributed by atoms with E-state index in [-0.39, 0.29) is 5.91 Å². The fourth-order valence-electron chi connectivity index (χ4n) is 2.81. The molecule has 2 aromatic heterocycles. The number of anilines is 1. The Morgan fingerprint density at radius 3 is 2.74 bits per heavy atom. The Bertz CT molecular complexity index is 1110. The van der Waals surface area contributed by atoms with Crippen molar-refractivity contribution in [3.63, 3.8) is 0 Å². The topological polar surface area (TPSA) is 68.0 Å². The molecule has 0 aliphatic carbocycles.